The molecule has 4 aromatic rings. The Balaban J connectivity index is 1.50. The first kappa shape index (κ1) is 15.5. The molecule has 124 valence electrons. The second kappa shape index (κ2) is 6.49. The molecule has 0 atom stereocenters. The van der Waals surface area contributed by atoms with E-state index in [1.807, 2.05) is 30.5 Å². The van der Waals surface area contributed by atoms with Crippen molar-refractivity contribution in [3.8, 4) is 10.6 Å². The van der Waals surface area contributed by atoms with E-state index in [0.29, 0.717) is 16.3 Å². The summed E-state index contributed by atoms with van der Waals surface area (Å²) in [6.45, 7) is 0. The van der Waals surface area contributed by atoms with Crippen LogP contribution in [0, 0.1) is 5.82 Å². The van der Waals surface area contributed by atoms with Gasteiger partial charge in [0.1, 0.15) is 10.8 Å². The Bertz CT molecular complexity index is 1050. The number of carbonyl (C=O) groups excluding carboxylic acids is 1. The molecule has 0 unspecified atom stereocenters. The van der Waals surface area contributed by atoms with E-state index in [1.165, 1.54) is 17.4 Å². The summed E-state index contributed by atoms with van der Waals surface area (Å²) >= 11 is 1.33. The highest BCUT2D eigenvalue weighted by Crippen LogP contribution is 2.27. The third kappa shape index (κ3) is 3.16. The number of carbonyl (C=O) groups is 1. The topological polar surface area (TPSA) is 57.8 Å². The molecule has 4 nitrogen and oxygen atoms in total. The van der Waals surface area contributed by atoms with Gasteiger partial charge in [-0.1, -0.05) is 18.2 Å². The van der Waals surface area contributed by atoms with Crippen LogP contribution >= 0.6 is 11.3 Å². The first-order chi connectivity index (χ1) is 12.2. The van der Waals surface area contributed by atoms with Crippen molar-refractivity contribution in [3.05, 3.63) is 71.6 Å². The van der Waals surface area contributed by atoms with Gasteiger partial charge < -0.3 is 10.3 Å². The lowest BCUT2D eigenvalue weighted by Crippen LogP contribution is -2.14. The van der Waals surface area contributed by atoms with Crippen molar-refractivity contribution in [3.63, 3.8) is 0 Å². The van der Waals surface area contributed by atoms with Crippen LogP contribution in [0.2, 0.25) is 0 Å². The number of aromatic amines is 1. The molecule has 0 bridgehead atoms. The molecule has 4 rings (SSSR count). The molecule has 2 N–H and O–H groups in total. The molecule has 0 saturated heterocycles. The van der Waals surface area contributed by atoms with E-state index < -0.39 is 0 Å². The lowest BCUT2D eigenvalue weighted by Gasteiger charge is -2.05. The van der Waals surface area contributed by atoms with Crippen LogP contribution in [-0.2, 0) is 11.2 Å². The maximum Gasteiger partial charge on any atom is 0.230 e. The standard InChI is InChI=1S/C19H14FN3OS/c20-15-5-2-1-4-13(15)19-22-12(11-25-19)10-18(24)23-17-7-3-6-16-14(17)8-9-21-16/h1-9,11,21H,10H2,(H,23,24). The largest absolute Gasteiger partial charge is 0.361 e. The fourth-order valence-electron chi connectivity index (χ4n) is 2.70. The SMILES string of the molecule is O=C(Cc1csc(-c2ccccc2F)n1)Nc1cccc2[nH]ccc12. The number of nitrogens with one attached hydrogen (secondary N) is 2. The van der Waals surface area contributed by atoms with Crippen molar-refractivity contribution in [2.45, 2.75) is 6.42 Å². The van der Waals surface area contributed by atoms with Gasteiger partial charge in [0, 0.05) is 28.0 Å². The van der Waals surface area contributed by atoms with Crippen molar-refractivity contribution in [1.29, 1.82) is 0 Å². The first-order valence-electron chi connectivity index (χ1n) is 7.76. The molecule has 2 heterocycles. The lowest BCUT2D eigenvalue weighted by molar-refractivity contribution is -0.115. The minimum atomic E-state index is -0.313. The molecule has 1 amide bonds. The minimum absolute atomic E-state index is 0.145. The molecule has 0 fully saturated rings. The Morgan fingerprint density at radius 1 is 1.16 bits per heavy atom. The van der Waals surface area contributed by atoms with Gasteiger partial charge in [0.15, 0.2) is 0 Å². The van der Waals surface area contributed by atoms with Gasteiger partial charge in [-0.15, -0.1) is 11.3 Å². The zero-order valence-electron chi connectivity index (χ0n) is 13.1. The molecule has 0 aliphatic heterocycles. The third-order valence-corrected chi connectivity index (χ3v) is 4.79. The summed E-state index contributed by atoms with van der Waals surface area (Å²) < 4.78 is 13.8. The van der Waals surface area contributed by atoms with Crippen molar-refractivity contribution in [2.24, 2.45) is 0 Å². The number of aromatic nitrogens is 2. The van der Waals surface area contributed by atoms with Gasteiger partial charge in [0.05, 0.1) is 17.8 Å². The minimum Gasteiger partial charge on any atom is -0.361 e. The Labute approximate surface area is 147 Å². The number of hydrogen-bond donors (Lipinski definition) is 2. The number of thiazole rings is 1. The van der Waals surface area contributed by atoms with E-state index in [-0.39, 0.29) is 18.1 Å². The molecule has 6 heteroatoms. The molecule has 0 spiro atoms. The lowest BCUT2D eigenvalue weighted by atomic mass is 10.2. The fraction of sp³-hybridized carbons (Fsp3) is 0.0526. The van der Waals surface area contributed by atoms with E-state index in [2.05, 4.69) is 15.3 Å². The first-order valence-corrected chi connectivity index (χ1v) is 8.64. The second-order valence-electron chi connectivity index (χ2n) is 5.59. The number of hydrogen-bond acceptors (Lipinski definition) is 3. The van der Waals surface area contributed by atoms with Gasteiger partial charge in [-0.25, -0.2) is 9.37 Å². The highest BCUT2D eigenvalue weighted by molar-refractivity contribution is 7.13. The third-order valence-electron chi connectivity index (χ3n) is 3.87. The predicted octanol–water partition coefficient (Wildman–Crippen LogP) is 4.61. The average molecular weight is 351 g/mol. The normalized spacial score (nSPS) is 10.9. The number of amides is 1. The van der Waals surface area contributed by atoms with Crippen LogP contribution in [0.25, 0.3) is 21.5 Å². The number of halogens is 1. The fourth-order valence-corrected chi connectivity index (χ4v) is 3.55. The highest BCUT2D eigenvalue weighted by Gasteiger charge is 2.12. The maximum atomic E-state index is 13.8. The van der Waals surface area contributed by atoms with Gasteiger partial charge >= 0.3 is 0 Å². The molecule has 0 saturated carbocycles. The number of rotatable bonds is 4. The Morgan fingerprint density at radius 2 is 2.04 bits per heavy atom. The smallest absolute Gasteiger partial charge is 0.230 e. The molecular formula is C19H14FN3OS. The van der Waals surface area contributed by atoms with Gasteiger partial charge in [-0.2, -0.15) is 0 Å². The quantitative estimate of drug-likeness (QED) is 0.564. The summed E-state index contributed by atoms with van der Waals surface area (Å²) in [7, 11) is 0. The highest BCUT2D eigenvalue weighted by atomic mass is 32.1. The Hall–Kier alpha value is -2.99. The number of H-pyrrole nitrogens is 1. The number of nitrogens with zero attached hydrogens (tertiary/aromatic N) is 1. The van der Waals surface area contributed by atoms with Crippen LogP contribution in [-0.4, -0.2) is 15.9 Å². The number of fused-ring (bicyclic) bond motifs is 1. The summed E-state index contributed by atoms with van der Waals surface area (Å²) in [5.74, 6) is -0.467. The zero-order chi connectivity index (χ0) is 17.2. The Morgan fingerprint density at radius 3 is 2.92 bits per heavy atom. The molecule has 2 aromatic heterocycles. The van der Waals surface area contributed by atoms with E-state index in [1.54, 1.807) is 23.6 Å². The van der Waals surface area contributed by atoms with Crippen molar-refractivity contribution < 1.29 is 9.18 Å². The monoisotopic (exact) mass is 351 g/mol. The summed E-state index contributed by atoms with van der Waals surface area (Å²) in [5.41, 5.74) is 2.81. The van der Waals surface area contributed by atoms with E-state index in [9.17, 15) is 9.18 Å². The maximum absolute atomic E-state index is 13.8. The van der Waals surface area contributed by atoms with E-state index >= 15 is 0 Å². The van der Waals surface area contributed by atoms with Crippen LogP contribution in [0.4, 0.5) is 10.1 Å². The van der Waals surface area contributed by atoms with E-state index in [0.717, 1.165) is 16.6 Å². The predicted molar refractivity (Wildman–Crippen MR) is 98.1 cm³/mol. The zero-order valence-corrected chi connectivity index (χ0v) is 13.9. The summed E-state index contributed by atoms with van der Waals surface area (Å²) in [5, 5.41) is 6.24. The van der Waals surface area contributed by atoms with Gasteiger partial charge in [-0.05, 0) is 30.3 Å². The molecule has 0 aliphatic rings. The van der Waals surface area contributed by atoms with Crippen LogP contribution < -0.4 is 5.32 Å². The second-order valence-corrected chi connectivity index (χ2v) is 6.45. The van der Waals surface area contributed by atoms with Crippen molar-refractivity contribution >= 4 is 33.8 Å². The Kier molecular flexibility index (Phi) is 4.03. The van der Waals surface area contributed by atoms with Gasteiger partial charge in [0.25, 0.3) is 0 Å². The van der Waals surface area contributed by atoms with Crippen molar-refractivity contribution in [1.82, 2.24) is 9.97 Å². The van der Waals surface area contributed by atoms with Gasteiger partial charge in [0.2, 0.25) is 5.91 Å². The number of anilines is 1. The molecular weight excluding hydrogens is 337 g/mol. The van der Waals surface area contributed by atoms with Crippen LogP contribution in [0.15, 0.2) is 60.1 Å². The molecule has 0 radical (unpaired) electrons. The summed E-state index contributed by atoms with van der Waals surface area (Å²) in [6.07, 6.45) is 1.98. The summed E-state index contributed by atoms with van der Waals surface area (Å²) in [4.78, 5) is 19.8. The van der Waals surface area contributed by atoms with Crippen LogP contribution in [0.1, 0.15) is 5.69 Å². The average Bonchev–Trinajstić information content (AvgIpc) is 3.25. The van der Waals surface area contributed by atoms with Gasteiger partial charge in [-0.3, -0.25) is 4.79 Å². The van der Waals surface area contributed by atoms with Crippen LogP contribution in [0.3, 0.4) is 0 Å². The summed E-state index contributed by atoms with van der Waals surface area (Å²) in [6, 6.07) is 14.1. The molecule has 0 aliphatic carbocycles. The van der Waals surface area contributed by atoms with Crippen molar-refractivity contribution in [2.75, 3.05) is 5.32 Å². The van der Waals surface area contributed by atoms with Crippen LogP contribution in [0.5, 0.6) is 0 Å². The molecule has 2 aromatic carbocycles. The van der Waals surface area contributed by atoms with E-state index in [4.69, 9.17) is 0 Å². The number of benzene rings is 2. The molecule has 25 heavy (non-hydrogen) atoms.